The minimum atomic E-state index is -3.15. The maximum absolute atomic E-state index is 12.3. The van der Waals surface area contributed by atoms with Crippen molar-refractivity contribution < 1.29 is 13.2 Å². The number of piperidine rings is 1. The number of hydrogen-bond donors (Lipinski definition) is 1. The van der Waals surface area contributed by atoms with Crippen molar-refractivity contribution >= 4 is 15.9 Å². The third kappa shape index (κ3) is 5.17. The smallest absolute Gasteiger partial charge is 0.223 e. The molecule has 0 aliphatic carbocycles. The molecule has 1 aromatic heterocycles. The third-order valence-electron chi connectivity index (χ3n) is 5.00. The minimum Gasteiger partial charge on any atom is -0.356 e. The second-order valence-corrected chi connectivity index (χ2v) is 9.06. The molecule has 1 aromatic carbocycles. The van der Waals surface area contributed by atoms with Gasteiger partial charge in [-0.05, 0) is 30.4 Å². The molecule has 1 amide bonds. The Kier molecular flexibility index (Phi) is 5.96. The van der Waals surface area contributed by atoms with E-state index in [4.69, 9.17) is 0 Å². The average molecular weight is 391 g/mol. The number of sulfonamides is 1. The molecule has 8 heteroatoms. The van der Waals surface area contributed by atoms with E-state index in [2.05, 4.69) is 34.7 Å². The number of carbonyl (C=O) groups excluding carboxylic acids is 1. The summed E-state index contributed by atoms with van der Waals surface area (Å²) >= 11 is 0. The summed E-state index contributed by atoms with van der Waals surface area (Å²) in [5.41, 5.74) is 3.36. The lowest BCUT2D eigenvalue weighted by Gasteiger charge is -2.29. The Balaban J connectivity index is 1.44. The van der Waals surface area contributed by atoms with Gasteiger partial charge < -0.3 is 5.32 Å². The molecule has 146 valence electrons. The normalized spacial score (nSPS) is 16.4. The standard InChI is InChI=1S/C19H26N4O3S/c1-22-14-18(13-21-22)16-5-3-15(4-6-16)7-10-20-19(24)17-8-11-23(12-9-17)27(2,25)26/h3-6,13-14,17H,7-12H2,1-2H3,(H,20,24). The molecule has 1 N–H and O–H groups in total. The largest absolute Gasteiger partial charge is 0.356 e. The molecule has 0 spiro atoms. The van der Waals surface area contributed by atoms with Crippen LogP contribution in [0.15, 0.2) is 36.7 Å². The lowest BCUT2D eigenvalue weighted by Crippen LogP contribution is -2.42. The number of nitrogens with one attached hydrogen (secondary N) is 1. The summed E-state index contributed by atoms with van der Waals surface area (Å²) in [5, 5.41) is 7.16. The molecule has 1 fully saturated rings. The third-order valence-corrected chi connectivity index (χ3v) is 6.30. The van der Waals surface area contributed by atoms with Crippen LogP contribution in [-0.4, -0.2) is 54.3 Å². The summed E-state index contributed by atoms with van der Waals surface area (Å²) < 4.78 is 26.3. The van der Waals surface area contributed by atoms with Crippen LogP contribution in [0.25, 0.3) is 11.1 Å². The van der Waals surface area contributed by atoms with Crippen molar-refractivity contribution in [3.8, 4) is 11.1 Å². The molecule has 0 radical (unpaired) electrons. The fraction of sp³-hybridized carbons (Fsp3) is 0.474. The number of carbonyl (C=O) groups is 1. The zero-order chi connectivity index (χ0) is 19.4. The molecule has 1 aliphatic rings. The van der Waals surface area contributed by atoms with Gasteiger partial charge in [0.05, 0.1) is 12.5 Å². The van der Waals surface area contributed by atoms with Gasteiger partial charge in [0.1, 0.15) is 0 Å². The lowest BCUT2D eigenvalue weighted by molar-refractivity contribution is -0.126. The fourth-order valence-electron chi connectivity index (χ4n) is 3.36. The number of nitrogens with zero attached hydrogens (tertiary/aromatic N) is 3. The molecule has 1 aliphatic heterocycles. The summed E-state index contributed by atoms with van der Waals surface area (Å²) in [5.74, 6) is -0.0777. The molecule has 27 heavy (non-hydrogen) atoms. The van der Waals surface area contributed by atoms with Crippen LogP contribution in [0.2, 0.25) is 0 Å². The van der Waals surface area contributed by atoms with Crippen molar-refractivity contribution in [3.63, 3.8) is 0 Å². The highest BCUT2D eigenvalue weighted by Gasteiger charge is 2.28. The number of benzene rings is 1. The van der Waals surface area contributed by atoms with Crippen molar-refractivity contribution in [2.45, 2.75) is 19.3 Å². The highest BCUT2D eigenvalue weighted by Crippen LogP contribution is 2.20. The van der Waals surface area contributed by atoms with Gasteiger partial charge in [0.2, 0.25) is 15.9 Å². The van der Waals surface area contributed by atoms with Crippen LogP contribution in [0.3, 0.4) is 0 Å². The number of aromatic nitrogens is 2. The van der Waals surface area contributed by atoms with E-state index in [1.54, 1.807) is 4.68 Å². The first-order chi connectivity index (χ1) is 12.8. The van der Waals surface area contributed by atoms with Crippen molar-refractivity contribution in [3.05, 3.63) is 42.2 Å². The Hall–Kier alpha value is -2.19. The maximum Gasteiger partial charge on any atom is 0.223 e. The number of amides is 1. The van der Waals surface area contributed by atoms with Crippen molar-refractivity contribution in [2.24, 2.45) is 13.0 Å². The molecule has 0 unspecified atom stereocenters. The van der Waals surface area contributed by atoms with Gasteiger partial charge in [-0.3, -0.25) is 9.48 Å². The molecule has 2 aromatic rings. The molecule has 2 heterocycles. The van der Waals surface area contributed by atoms with Gasteiger partial charge in [0.25, 0.3) is 0 Å². The first-order valence-corrected chi connectivity index (χ1v) is 11.0. The predicted octanol–water partition coefficient (Wildman–Crippen LogP) is 1.42. The van der Waals surface area contributed by atoms with Crippen LogP contribution >= 0.6 is 0 Å². The van der Waals surface area contributed by atoms with E-state index in [-0.39, 0.29) is 11.8 Å². The lowest BCUT2D eigenvalue weighted by atomic mass is 9.97. The fourth-order valence-corrected chi connectivity index (χ4v) is 4.23. The number of hydrogen-bond acceptors (Lipinski definition) is 4. The Morgan fingerprint density at radius 1 is 1.19 bits per heavy atom. The van der Waals surface area contributed by atoms with Gasteiger partial charge in [0, 0.05) is 44.4 Å². The van der Waals surface area contributed by atoms with Crippen molar-refractivity contribution in [2.75, 3.05) is 25.9 Å². The van der Waals surface area contributed by atoms with Gasteiger partial charge >= 0.3 is 0 Å². The molecular formula is C19H26N4O3S. The van der Waals surface area contributed by atoms with Gasteiger partial charge in [-0.2, -0.15) is 5.10 Å². The van der Waals surface area contributed by atoms with Crippen LogP contribution in [-0.2, 0) is 28.3 Å². The molecule has 3 rings (SSSR count). The van der Waals surface area contributed by atoms with Crippen LogP contribution in [0, 0.1) is 5.92 Å². The maximum atomic E-state index is 12.3. The topological polar surface area (TPSA) is 84.3 Å². The Bertz CT molecular complexity index is 882. The summed E-state index contributed by atoms with van der Waals surface area (Å²) in [7, 11) is -1.26. The van der Waals surface area contributed by atoms with E-state index >= 15 is 0 Å². The molecule has 0 bridgehead atoms. The van der Waals surface area contributed by atoms with E-state index in [9.17, 15) is 13.2 Å². The molecule has 7 nitrogen and oxygen atoms in total. The van der Waals surface area contributed by atoms with Crippen molar-refractivity contribution in [1.82, 2.24) is 19.4 Å². The first-order valence-electron chi connectivity index (χ1n) is 9.14. The highest BCUT2D eigenvalue weighted by molar-refractivity contribution is 7.88. The van der Waals surface area contributed by atoms with Gasteiger partial charge in [0.15, 0.2) is 0 Å². The average Bonchev–Trinajstić information content (AvgIpc) is 3.08. The van der Waals surface area contributed by atoms with Crippen LogP contribution in [0.5, 0.6) is 0 Å². The van der Waals surface area contributed by atoms with E-state index in [1.807, 2.05) is 19.4 Å². The van der Waals surface area contributed by atoms with Gasteiger partial charge in [-0.1, -0.05) is 24.3 Å². The first kappa shape index (κ1) is 19.6. The second kappa shape index (κ2) is 8.22. The SMILES string of the molecule is Cn1cc(-c2ccc(CCNC(=O)C3CCN(S(C)(=O)=O)CC3)cc2)cn1. The number of aryl methyl sites for hydroxylation is 1. The Morgan fingerprint density at radius 3 is 2.41 bits per heavy atom. The molecular weight excluding hydrogens is 364 g/mol. The molecule has 1 saturated heterocycles. The second-order valence-electron chi connectivity index (χ2n) is 7.08. The van der Waals surface area contributed by atoms with Crippen LogP contribution < -0.4 is 5.32 Å². The monoisotopic (exact) mass is 390 g/mol. The summed E-state index contributed by atoms with van der Waals surface area (Å²) in [4.78, 5) is 12.3. The zero-order valence-electron chi connectivity index (χ0n) is 15.8. The van der Waals surface area contributed by atoms with Gasteiger partial charge in [-0.25, -0.2) is 12.7 Å². The zero-order valence-corrected chi connectivity index (χ0v) is 16.6. The van der Waals surface area contributed by atoms with Crippen LogP contribution in [0.1, 0.15) is 18.4 Å². The predicted molar refractivity (Wildman–Crippen MR) is 104 cm³/mol. The summed E-state index contributed by atoms with van der Waals surface area (Å²) in [6, 6.07) is 8.27. The van der Waals surface area contributed by atoms with E-state index < -0.39 is 10.0 Å². The molecule has 0 atom stereocenters. The molecule has 0 saturated carbocycles. The van der Waals surface area contributed by atoms with E-state index in [1.165, 1.54) is 10.6 Å². The van der Waals surface area contributed by atoms with Gasteiger partial charge in [-0.15, -0.1) is 0 Å². The van der Waals surface area contributed by atoms with E-state index in [0.29, 0.717) is 32.5 Å². The number of rotatable bonds is 6. The van der Waals surface area contributed by atoms with E-state index in [0.717, 1.165) is 23.1 Å². The summed E-state index contributed by atoms with van der Waals surface area (Å²) in [6.45, 7) is 1.43. The Morgan fingerprint density at radius 2 is 1.85 bits per heavy atom. The minimum absolute atomic E-state index is 0.0233. The highest BCUT2D eigenvalue weighted by atomic mass is 32.2. The quantitative estimate of drug-likeness (QED) is 0.808. The van der Waals surface area contributed by atoms with Crippen molar-refractivity contribution in [1.29, 1.82) is 0 Å². The summed E-state index contributed by atoms with van der Waals surface area (Å²) in [6.07, 6.45) is 6.96. The Labute approximate surface area is 160 Å². The van der Waals surface area contributed by atoms with Crippen LogP contribution in [0.4, 0.5) is 0 Å².